The monoisotopic (exact) mass is 361 g/mol. The predicted molar refractivity (Wildman–Crippen MR) is 107 cm³/mol. The number of amides is 1. The molecule has 4 nitrogen and oxygen atoms in total. The second-order valence-corrected chi connectivity index (χ2v) is 6.42. The smallest absolute Gasteiger partial charge is 0.255 e. The number of nitrogens with one attached hydrogen (secondary N) is 1. The van der Waals surface area contributed by atoms with Crippen molar-refractivity contribution in [2.24, 2.45) is 0 Å². The molecule has 0 aliphatic rings. The van der Waals surface area contributed by atoms with Crippen LogP contribution in [0.3, 0.4) is 0 Å². The Balaban J connectivity index is 1.69. The average molecular weight is 361 g/mol. The second kappa shape index (κ2) is 8.90. The van der Waals surface area contributed by atoms with Gasteiger partial charge in [-0.15, -0.1) is 0 Å². The van der Waals surface area contributed by atoms with Gasteiger partial charge in [0.1, 0.15) is 18.1 Å². The molecule has 0 aliphatic heterocycles. The molecule has 27 heavy (non-hydrogen) atoms. The molecule has 3 rings (SSSR count). The predicted octanol–water partition coefficient (Wildman–Crippen LogP) is 5.31. The molecule has 1 amide bonds. The lowest BCUT2D eigenvalue weighted by atomic mass is 10.2. The van der Waals surface area contributed by atoms with Crippen molar-refractivity contribution < 1.29 is 14.3 Å². The first-order chi connectivity index (χ1) is 13.1. The van der Waals surface area contributed by atoms with E-state index < -0.39 is 0 Å². The number of rotatable bonds is 7. The van der Waals surface area contributed by atoms with E-state index in [0.29, 0.717) is 29.4 Å². The molecule has 0 saturated carbocycles. The Labute approximate surface area is 159 Å². The van der Waals surface area contributed by atoms with Crippen LogP contribution in [0.15, 0.2) is 78.9 Å². The summed E-state index contributed by atoms with van der Waals surface area (Å²) in [7, 11) is 0. The minimum atomic E-state index is -0.208. The van der Waals surface area contributed by atoms with Crippen molar-refractivity contribution in [3.63, 3.8) is 0 Å². The molecule has 3 aromatic carbocycles. The molecule has 0 heterocycles. The summed E-state index contributed by atoms with van der Waals surface area (Å²) in [6.07, 6.45) is 0.0257. The van der Waals surface area contributed by atoms with Crippen molar-refractivity contribution in [2.45, 2.75) is 26.6 Å². The maximum Gasteiger partial charge on any atom is 0.255 e. The molecule has 0 radical (unpaired) electrons. The summed E-state index contributed by atoms with van der Waals surface area (Å²) in [5, 5.41) is 2.91. The molecular weight excluding hydrogens is 338 g/mol. The molecule has 0 aliphatic carbocycles. The summed E-state index contributed by atoms with van der Waals surface area (Å²) in [6.45, 7) is 4.36. The molecule has 0 fully saturated rings. The number of carbonyl (C=O) groups is 1. The Bertz CT molecular complexity index is 891. The summed E-state index contributed by atoms with van der Waals surface area (Å²) in [5.74, 6) is 1.09. The van der Waals surface area contributed by atoms with Gasteiger partial charge < -0.3 is 14.8 Å². The topological polar surface area (TPSA) is 47.6 Å². The van der Waals surface area contributed by atoms with Crippen LogP contribution in [0, 0.1) is 0 Å². The highest BCUT2D eigenvalue weighted by Crippen LogP contribution is 2.26. The third-order valence-corrected chi connectivity index (χ3v) is 3.84. The van der Waals surface area contributed by atoms with Gasteiger partial charge in [-0.3, -0.25) is 4.79 Å². The number of hydrogen-bond acceptors (Lipinski definition) is 3. The Hall–Kier alpha value is -3.27. The molecule has 0 unspecified atom stereocenters. The number of ether oxygens (including phenoxy) is 2. The molecule has 0 saturated heterocycles. The van der Waals surface area contributed by atoms with Crippen LogP contribution in [0.2, 0.25) is 0 Å². The lowest BCUT2D eigenvalue weighted by molar-refractivity contribution is 0.102. The van der Waals surface area contributed by atoms with Gasteiger partial charge in [-0.05, 0) is 49.7 Å². The van der Waals surface area contributed by atoms with E-state index in [-0.39, 0.29) is 12.0 Å². The number of carbonyl (C=O) groups excluding carboxylic acids is 1. The lowest BCUT2D eigenvalue weighted by Crippen LogP contribution is -2.14. The van der Waals surface area contributed by atoms with Crippen LogP contribution in [-0.2, 0) is 6.61 Å². The number of benzene rings is 3. The summed E-state index contributed by atoms with van der Waals surface area (Å²) >= 11 is 0. The van der Waals surface area contributed by atoms with Crippen LogP contribution in [0.5, 0.6) is 11.5 Å². The van der Waals surface area contributed by atoms with Gasteiger partial charge in [-0.1, -0.05) is 48.5 Å². The molecule has 138 valence electrons. The number of anilines is 1. The number of hydrogen-bond donors (Lipinski definition) is 1. The van der Waals surface area contributed by atoms with Crippen LogP contribution < -0.4 is 14.8 Å². The zero-order chi connectivity index (χ0) is 19.1. The van der Waals surface area contributed by atoms with Gasteiger partial charge in [-0.25, -0.2) is 0 Å². The van der Waals surface area contributed by atoms with E-state index in [9.17, 15) is 4.79 Å². The highest BCUT2D eigenvalue weighted by Gasteiger charge is 2.11. The van der Waals surface area contributed by atoms with Crippen LogP contribution in [0.4, 0.5) is 5.69 Å². The second-order valence-electron chi connectivity index (χ2n) is 6.42. The lowest BCUT2D eigenvalue weighted by Gasteiger charge is -2.15. The van der Waals surface area contributed by atoms with Crippen molar-refractivity contribution in [1.29, 1.82) is 0 Å². The third kappa shape index (κ3) is 5.35. The highest BCUT2D eigenvalue weighted by molar-refractivity contribution is 6.05. The zero-order valence-corrected chi connectivity index (χ0v) is 15.5. The largest absolute Gasteiger partial charge is 0.489 e. The highest BCUT2D eigenvalue weighted by atomic mass is 16.5. The van der Waals surface area contributed by atoms with Crippen molar-refractivity contribution in [2.75, 3.05) is 5.32 Å². The number of para-hydroxylation sites is 2. The Kier molecular flexibility index (Phi) is 6.10. The van der Waals surface area contributed by atoms with Crippen LogP contribution in [-0.4, -0.2) is 12.0 Å². The van der Waals surface area contributed by atoms with Gasteiger partial charge in [0.2, 0.25) is 0 Å². The van der Waals surface area contributed by atoms with Crippen molar-refractivity contribution >= 4 is 11.6 Å². The van der Waals surface area contributed by atoms with Gasteiger partial charge in [0.15, 0.2) is 0 Å². The van der Waals surface area contributed by atoms with Gasteiger partial charge in [0.05, 0.1) is 11.8 Å². The average Bonchev–Trinajstić information content (AvgIpc) is 2.68. The van der Waals surface area contributed by atoms with Crippen molar-refractivity contribution in [3.8, 4) is 11.5 Å². The van der Waals surface area contributed by atoms with E-state index in [1.54, 1.807) is 12.1 Å². The fourth-order valence-electron chi connectivity index (χ4n) is 2.59. The first-order valence-electron chi connectivity index (χ1n) is 8.95. The van der Waals surface area contributed by atoms with E-state index in [1.807, 2.05) is 80.6 Å². The van der Waals surface area contributed by atoms with E-state index in [1.165, 1.54) is 0 Å². The van der Waals surface area contributed by atoms with Gasteiger partial charge in [-0.2, -0.15) is 0 Å². The maximum atomic E-state index is 12.7. The summed E-state index contributed by atoms with van der Waals surface area (Å²) in [6, 6.07) is 24.5. The van der Waals surface area contributed by atoms with Crippen LogP contribution in [0.25, 0.3) is 0 Å². The minimum Gasteiger partial charge on any atom is -0.489 e. The molecule has 0 bridgehead atoms. The fourth-order valence-corrected chi connectivity index (χ4v) is 2.59. The van der Waals surface area contributed by atoms with E-state index in [0.717, 1.165) is 5.56 Å². The van der Waals surface area contributed by atoms with E-state index in [2.05, 4.69) is 5.32 Å². The molecule has 0 atom stereocenters. The summed E-state index contributed by atoms with van der Waals surface area (Å²) in [4.78, 5) is 12.7. The van der Waals surface area contributed by atoms with Gasteiger partial charge >= 0.3 is 0 Å². The first kappa shape index (κ1) is 18.5. The van der Waals surface area contributed by atoms with Gasteiger partial charge in [0, 0.05) is 5.56 Å². The Morgan fingerprint density at radius 3 is 2.44 bits per heavy atom. The molecule has 0 aromatic heterocycles. The Morgan fingerprint density at radius 1 is 0.926 bits per heavy atom. The van der Waals surface area contributed by atoms with E-state index >= 15 is 0 Å². The van der Waals surface area contributed by atoms with Crippen molar-refractivity contribution in [1.82, 2.24) is 0 Å². The van der Waals surface area contributed by atoms with Crippen LogP contribution >= 0.6 is 0 Å². The van der Waals surface area contributed by atoms with Crippen LogP contribution in [0.1, 0.15) is 29.8 Å². The molecular formula is C23H23NO3. The Morgan fingerprint density at radius 2 is 1.67 bits per heavy atom. The SMILES string of the molecule is CC(C)Oc1ccccc1NC(=O)c1cccc(OCc2ccccc2)c1. The van der Waals surface area contributed by atoms with E-state index in [4.69, 9.17) is 9.47 Å². The molecule has 0 spiro atoms. The van der Waals surface area contributed by atoms with Crippen molar-refractivity contribution in [3.05, 3.63) is 90.0 Å². The summed E-state index contributed by atoms with van der Waals surface area (Å²) < 4.78 is 11.6. The minimum absolute atomic E-state index is 0.0257. The quantitative estimate of drug-likeness (QED) is 0.621. The molecule has 3 aromatic rings. The first-order valence-corrected chi connectivity index (χ1v) is 8.95. The normalized spacial score (nSPS) is 10.5. The fraction of sp³-hybridized carbons (Fsp3) is 0.174. The van der Waals surface area contributed by atoms with Gasteiger partial charge in [0.25, 0.3) is 5.91 Å². The molecule has 1 N–H and O–H groups in total. The third-order valence-electron chi connectivity index (χ3n) is 3.84. The molecule has 4 heteroatoms. The standard InChI is InChI=1S/C23H23NO3/c1-17(2)27-22-14-7-6-13-21(22)24-23(25)19-11-8-12-20(15-19)26-16-18-9-4-3-5-10-18/h3-15,17H,16H2,1-2H3,(H,24,25). The summed E-state index contributed by atoms with van der Waals surface area (Å²) in [5.41, 5.74) is 2.25. The maximum absolute atomic E-state index is 12.7. The zero-order valence-electron chi connectivity index (χ0n) is 15.5.